The Hall–Kier alpha value is -0.870. The van der Waals surface area contributed by atoms with Gasteiger partial charge in [0.15, 0.2) is 0 Å². The Morgan fingerprint density at radius 3 is 2.94 bits per heavy atom. The van der Waals surface area contributed by atoms with Crippen LogP contribution in [0.1, 0.15) is 43.5 Å². The third kappa shape index (κ3) is 2.87. The van der Waals surface area contributed by atoms with Crippen molar-refractivity contribution in [3.63, 3.8) is 0 Å². The molecule has 4 heteroatoms. The van der Waals surface area contributed by atoms with Gasteiger partial charge < -0.3 is 10.4 Å². The summed E-state index contributed by atoms with van der Waals surface area (Å²) in [6.07, 6.45) is 3.99. The summed E-state index contributed by atoms with van der Waals surface area (Å²) in [5, 5.41) is 14.6. The van der Waals surface area contributed by atoms with Crippen LogP contribution >= 0.6 is 11.3 Å². The molecule has 1 saturated carbocycles. The molecule has 3 nitrogen and oxygen atoms in total. The lowest BCUT2D eigenvalue weighted by molar-refractivity contribution is -0.146. The van der Waals surface area contributed by atoms with E-state index >= 15 is 0 Å². The summed E-state index contributed by atoms with van der Waals surface area (Å²) in [6.45, 7) is 2.16. The molecule has 2 rings (SSSR count). The first-order chi connectivity index (χ1) is 8.22. The fraction of sp³-hybridized carbons (Fsp3) is 0.615. The lowest BCUT2D eigenvalue weighted by Gasteiger charge is -2.37. The van der Waals surface area contributed by atoms with Gasteiger partial charge in [0.05, 0.1) is 5.92 Å². The molecule has 1 heterocycles. The number of hydrogen-bond donors (Lipinski definition) is 2. The van der Waals surface area contributed by atoms with Crippen molar-refractivity contribution in [2.75, 3.05) is 0 Å². The number of carbonyl (C=O) groups is 1. The van der Waals surface area contributed by atoms with Crippen molar-refractivity contribution in [2.24, 2.45) is 5.92 Å². The minimum atomic E-state index is -0.657. The van der Waals surface area contributed by atoms with Crippen molar-refractivity contribution in [1.29, 1.82) is 0 Å². The first-order valence-electron chi connectivity index (χ1n) is 6.24. The van der Waals surface area contributed by atoms with Gasteiger partial charge in [-0.2, -0.15) is 0 Å². The van der Waals surface area contributed by atoms with Gasteiger partial charge in [-0.3, -0.25) is 4.79 Å². The summed E-state index contributed by atoms with van der Waals surface area (Å²) < 4.78 is 0. The second kappa shape index (κ2) is 5.65. The number of aliphatic carboxylic acids is 1. The van der Waals surface area contributed by atoms with E-state index in [-0.39, 0.29) is 12.0 Å². The summed E-state index contributed by atoms with van der Waals surface area (Å²) in [5.74, 6) is -0.843. The summed E-state index contributed by atoms with van der Waals surface area (Å²) in [4.78, 5) is 12.3. The Balaban J connectivity index is 1.96. The summed E-state index contributed by atoms with van der Waals surface area (Å²) >= 11 is 1.75. The molecule has 0 aromatic carbocycles. The van der Waals surface area contributed by atoms with Crippen molar-refractivity contribution < 1.29 is 9.90 Å². The quantitative estimate of drug-likeness (QED) is 0.819. The number of carboxylic acids is 1. The van der Waals surface area contributed by atoms with Crippen LogP contribution < -0.4 is 5.32 Å². The molecule has 0 bridgehead atoms. The van der Waals surface area contributed by atoms with Crippen LogP contribution in [0.4, 0.5) is 0 Å². The second-order valence-electron chi connectivity index (χ2n) is 4.65. The van der Waals surface area contributed by atoms with E-state index < -0.39 is 5.97 Å². The minimum absolute atomic E-state index is 0.158. The van der Waals surface area contributed by atoms with Gasteiger partial charge in [0.25, 0.3) is 0 Å². The average molecular weight is 253 g/mol. The second-order valence-corrected chi connectivity index (χ2v) is 5.63. The summed E-state index contributed by atoms with van der Waals surface area (Å²) in [7, 11) is 0. The zero-order valence-corrected chi connectivity index (χ0v) is 10.9. The van der Waals surface area contributed by atoms with Gasteiger partial charge >= 0.3 is 5.97 Å². The SMILES string of the molecule is CCCC(NC1CCC1C(=O)O)c1cccs1. The van der Waals surface area contributed by atoms with E-state index in [2.05, 4.69) is 29.8 Å². The molecule has 1 fully saturated rings. The highest BCUT2D eigenvalue weighted by Crippen LogP contribution is 2.32. The van der Waals surface area contributed by atoms with Gasteiger partial charge in [-0.25, -0.2) is 0 Å². The molecule has 1 aromatic heterocycles. The number of rotatable bonds is 6. The Morgan fingerprint density at radius 1 is 1.65 bits per heavy atom. The molecule has 1 aromatic rings. The smallest absolute Gasteiger partial charge is 0.308 e. The fourth-order valence-electron chi connectivity index (χ4n) is 2.34. The zero-order valence-electron chi connectivity index (χ0n) is 10.1. The Kier molecular flexibility index (Phi) is 4.18. The van der Waals surface area contributed by atoms with Crippen LogP contribution in [-0.2, 0) is 4.79 Å². The highest BCUT2D eigenvalue weighted by Gasteiger charge is 2.37. The molecule has 0 radical (unpaired) electrons. The molecule has 94 valence electrons. The average Bonchev–Trinajstić information content (AvgIpc) is 2.74. The topological polar surface area (TPSA) is 49.3 Å². The lowest BCUT2D eigenvalue weighted by Crippen LogP contribution is -2.48. The first kappa shape index (κ1) is 12.6. The summed E-state index contributed by atoms with van der Waals surface area (Å²) in [6, 6.07) is 4.67. The van der Waals surface area contributed by atoms with Crippen LogP contribution in [0.25, 0.3) is 0 Å². The normalized spacial score (nSPS) is 25.2. The van der Waals surface area contributed by atoms with Crippen molar-refractivity contribution in [3.8, 4) is 0 Å². The van der Waals surface area contributed by atoms with Crippen molar-refractivity contribution in [3.05, 3.63) is 22.4 Å². The van der Waals surface area contributed by atoms with E-state index in [4.69, 9.17) is 5.11 Å². The largest absolute Gasteiger partial charge is 0.481 e. The van der Waals surface area contributed by atoms with Crippen LogP contribution in [-0.4, -0.2) is 17.1 Å². The van der Waals surface area contributed by atoms with Gasteiger partial charge in [0.2, 0.25) is 0 Å². The molecule has 0 amide bonds. The van der Waals surface area contributed by atoms with Crippen molar-refractivity contribution >= 4 is 17.3 Å². The van der Waals surface area contributed by atoms with Crippen LogP contribution in [0.5, 0.6) is 0 Å². The van der Waals surface area contributed by atoms with E-state index in [0.717, 1.165) is 25.7 Å². The standard InChI is InChI=1S/C13H19NO2S/c1-2-4-11(12-5-3-8-17-12)14-10-7-6-9(10)13(15)16/h3,5,8-11,14H,2,4,6-7H2,1H3,(H,15,16). The number of thiophene rings is 1. The third-order valence-electron chi connectivity index (χ3n) is 3.47. The molecule has 2 N–H and O–H groups in total. The van der Waals surface area contributed by atoms with Gasteiger partial charge in [-0.05, 0) is 30.7 Å². The van der Waals surface area contributed by atoms with Crippen LogP contribution in [0.2, 0.25) is 0 Å². The molecular formula is C13H19NO2S. The maximum absolute atomic E-state index is 11.0. The Morgan fingerprint density at radius 2 is 2.47 bits per heavy atom. The molecule has 0 saturated heterocycles. The van der Waals surface area contributed by atoms with E-state index in [0.29, 0.717) is 6.04 Å². The fourth-order valence-corrected chi connectivity index (χ4v) is 3.16. The van der Waals surface area contributed by atoms with E-state index in [1.807, 2.05) is 0 Å². The maximum Gasteiger partial charge on any atom is 0.308 e. The van der Waals surface area contributed by atoms with Crippen molar-refractivity contribution in [1.82, 2.24) is 5.32 Å². The Bertz CT molecular complexity index is 364. The van der Waals surface area contributed by atoms with Crippen LogP contribution in [0, 0.1) is 5.92 Å². The lowest BCUT2D eigenvalue weighted by atomic mass is 9.79. The van der Waals surface area contributed by atoms with Gasteiger partial charge in [0.1, 0.15) is 0 Å². The van der Waals surface area contributed by atoms with Gasteiger partial charge in [-0.15, -0.1) is 11.3 Å². The minimum Gasteiger partial charge on any atom is -0.481 e. The molecule has 3 unspecified atom stereocenters. The van der Waals surface area contributed by atoms with Gasteiger partial charge in [-0.1, -0.05) is 19.4 Å². The monoisotopic (exact) mass is 253 g/mol. The number of nitrogens with one attached hydrogen (secondary N) is 1. The number of hydrogen-bond acceptors (Lipinski definition) is 3. The molecule has 1 aliphatic rings. The predicted octanol–water partition coefficient (Wildman–Crippen LogP) is 3.04. The molecule has 0 aliphatic heterocycles. The van der Waals surface area contributed by atoms with E-state index in [1.54, 1.807) is 11.3 Å². The molecule has 17 heavy (non-hydrogen) atoms. The third-order valence-corrected chi connectivity index (χ3v) is 4.46. The Labute approximate surface area is 106 Å². The maximum atomic E-state index is 11.0. The summed E-state index contributed by atoms with van der Waals surface area (Å²) in [5.41, 5.74) is 0. The predicted molar refractivity (Wildman–Crippen MR) is 69.3 cm³/mol. The van der Waals surface area contributed by atoms with Crippen LogP contribution in [0.15, 0.2) is 17.5 Å². The molecule has 0 spiro atoms. The molecule has 1 aliphatic carbocycles. The van der Waals surface area contributed by atoms with E-state index in [9.17, 15) is 4.79 Å². The van der Waals surface area contributed by atoms with Crippen LogP contribution in [0.3, 0.4) is 0 Å². The highest BCUT2D eigenvalue weighted by atomic mass is 32.1. The van der Waals surface area contributed by atoms with Gasteiger partial charge in [0, 0.05) is 17.0 Å². The highest BCUT2D eigenvalue weighted by molar-refractivity contribution is 7.10. The number of carboxylic acid groups (broad SMARTS) is 1. The molecule has 3 atom stereocenters. The van der Waals surface area contributed by atoms with E-state index in [1.165, 1.54) is 4.88 Å². The van der Waals surface area contributed by atoms with Crippen molar-refractivity contribution in [2.45, 2.75) is 44.7 Å². The molecular weight excluding hydrogens is 234 g/mol. The zero-order chi connectivity index (χ0) is 12.3. The first-order valence-corrected chi connectivity index (χ1v) is 7.12.